The second-order valence-electron chi connectivity index (χ2n) is 4.58. The lowest BCUT2D eigenvalue weighted by Crippen LogP contribution is -1.89. The van der Waals surface area contributed by atoms with E-state index in [1.807, 2.05) is 12.1 Å². The molecule has 0 saturated heterocycles. The zero-order valence-corrected chi connectivity index (χ0v) is 11.7. The highest BCUT2D eigenvalue weighted by molar-refractivity contribution is 7.98. The fourth-order valence-electron chi connectivity index (χ4n) is 2.08. The van der Waals surface area contributed by atoms with Crippen molar-refractivity contribution in [2.24, 2.45) is 0 Å². The number of pyridine rings is 1. The number of hydrogen-bond acceptors (Lipinski definition) is 2. The smallest absolute Gasteiger partial charge is 0.1000 e. The summed E-state index contributed by atoms with van der Waals surface area (Å²) in [6.45, 7) is 2.13. The fourth-order valence-corrected chi connectivity index (χ4v) is 3.02. The van der Waals surface area contributed by atoms with Gasteiger partial charge in [0.25, 0.3) is 0 Å². The highest BCUT2D eigenvalue weighted by Crippen LogP contribution is 2.26. The molecule has 0 aliphatic heterocycles. The van der Waals surface area contributed by atoms with Crippen LogP contribution in [-0.2, 0) is 5.75 Å². The molecule has 0 radical (unpaired) electrons. The molecule has 94 valence electrons. The van der Waals surface area contributed by atoms with Gasteiger partial charge in [-0.05, 0) is 30.2 Å². The second-order valence-corrected chi connectivity index (χ2v) is 5.54. The Balaban J connectivity index is 1.86. The van der Waals surface area contributed by atoms with E-state index >= 15 is 0 Å². The first kappa shape index (κ1) is 12.2. The molecule has 3 aromatic rings. The molecule has 0 saturated carbocycles. The number of nitrogens with zero attached hydrogens (tertiary/aromatic N) is 1. The molecule has 0 atom stereocenters. The molecule has 0 amide bonds. The predicted octanol–water partition coefficient (Wildman–Crippen LogP) is 4.84. The number of aryl methyl sites for hydroxylation is 1. The molecule has 2 heteroatoms. The standard InChI is InChI=1S/C17H15NS/c1-13-11-15-9-5-6-10-16(15)18-17(13)19-12-14-7-3-2-4-8-14/h2-11H,12H2,1H3. The van der Waals surface area contributed by atoms with Crippen LogP contribution in [0, 0.1) is 6.92 Å². The largest absolute Gasteiger partial charge is 0.241 e. The number of benzene rings is 2. The van der Waals surface area contributed by atoms with Gasteiger partial charge in [-0.2, -0.15) is 0 Å². The Hall–Kier alpha value is -1.80. The number of aromatic nitrogens is 1. The molecule has 0 aliphatic carbocycles. The van der Waals surface area contributed by atoms with Gasteiger partial charge in [0, 0.05) is 11.1 Å². The fraction of sp³-hybridized carbons (Fsp3) is 0.118. The maximum absolute atomic E-state index is 4.75. The summed E-state index contributed by atoms with van der Waals surface area (Å²) >= 11 is 1.80. The number of fused-ring (bicyclic) bond motifs is 1. The third kappa shape index (κ3) is 2.79. The first-order valence-corrected chi connectivity index (χ1v) is 7.34. The Morgan fingerprint density at radius 3 is 2.53 bits per heavy atom. The quantitative estimate of drug-likeness (QED) is 0.629. The monoisotopic (exact) mass is 265 g/mol. The van der Waals surface area contributed by atoms with Gasteiger partial charge in [0.15, 0.2) is 0 Å². The third-order valence-corrected chi connectivity index (χ3v) is 4.25. The summed E-state index contributed by atoms with van der Waals surface area (Å²) in [6, 6.07) is 21.0. The van der Waals surface area contributed by atoms with Crippen molar-refractivity contribution in [2.75, 3.05) is 0 Å². The maximum atomic E-state index is 4.75. The molecule has 0 aliphatic rings. The van der Waals surface area contributed by atoms with E-state index in [4.69, 9.17) is 4.98 Å². The normalized spacial score (nSPS) is 10.8. The van der Waals surface area contributed by atoms with Gasteiger partial charge in [0.1, 0.15) is 0 Å². The average Bonchev–Trinajstić information content (AvgIpc) is 2.46. The van der Waals surface area contributed by atoms with E-state index in [-0.39, 0.29) is 0 Å². The molecular weight excluding hydrogens is 250 g/mol. The lowest BCUT2D eigenvalue weighted by Gasteiger charge is -2.07. The lowest BCUT2D eigenvalue weighted by molar-refractivity contribution is 1.12. The minimum atomic E-state index is 0.965. The van der Waals surface area contributed by atoms with Crippen LogP contribution < -0.4 is 0 Å². The van der Waals surface area contributed by atoms with Crippen LogP contribution in [0.5, 0.6) is 0 Å². The summed E-state index contributed by atoms with van der Waals surface area (Å²) in [5, 5.41) is 2.34. The number of thioether (sulfide) groups is 1. The number of para-hydroxylation sites is 1. The molecule has 0 bridgehead atoms. The molecule has 0 unspecified atom stereocenters. The van der Waals surface area contributed by atoms with Gasteiger partial charge < -0.3 is 0 Å². The first-order valence-electron chi connectivity index (χ1n) is 6.36. The van der Waals surface area contributed by atoms with E-state index in [9.17, 15) is 0 Å². The predicted molar refractivity (Wildman–Crippen MR) is 82.5 cm³/mol. The van der Waals surface area contributed by atoms with Crippen molar-refractivity contribution in [3.05, 3.63) is 71.8 Å². The van der Waals surface area contributed by atoms with E-state index in [0.717, 1.165) is 16.3 Å². The summed E-state index contributed by atoms with van der Waals surface area (Å²) in [5.41, 5.74) is 3.66. The lowest BCUT2D eigenvalue weighted by atomic mass is 10.2. The summed E-state index contributed by atoms with van der Waals surface area (Å²) in [4.78, 5) is 4.75. The second kappa shape index (κ2) is 5.45. The van der Waals surface area contributed by atoms with Gasteiger partial charge in [-0.25, -0.2) is 4.98 Å². The molecule has 2 aromatic carbocycles. The average molecular weight is 265 g/mol. The van der Waals surface area contributed by atoms with Crippen LogP contribution in [0.2, 0.25) is 0 Å². The SMILES string of the molecule is Cc1cc2ccccc2nc1SCc1ccccc1. The Labute approximate surface area is 117 Å². The highest BCUT2D eigenvalue weighted by Gasteiger charge is 2.04. The molecular formula is C17H15NS. The van der Waals surface area contributed by atoms with Crippen molar-refractivity contribution in [2.45, 2.75) is 17.7 Å². The zero-order chi connectivity index (χ0) is 13.1. The van der Waals surface area contributed by atoms with Gasteiger partial charge in [-0.3, -0.25) is 0 Å². The van der Waals surface area contributed by atoms with E-state index in [1.54, 1.807) is 11.8 Å². The number of rotatable bonds is 3. The summed E-state index contributed by atoms with van der Waals surface area (Å²) in [5.74, 6) is 0.965. The molecule has 1 nitrogen and oxygen atoms in total. The Kier molecular flexibility index (Phi) is 3.51. The minimum absolute atomic E-state index is 0.965. The van der Waals surface area contributed by atoms with Crippen LogP contribution >= 0.6 is 11.8 Å². The third-order valence-electron chi connectivity index (χ3n) is 3.09. The van der Waals surface area contributed by atoms with E-state index in [2.05, 4.69) is 55.5 Å². The first-order chi connectivity index (χ1) is 9.33. The van der Waals surface area contributed by atoms with Gasteiger partial charge in [-0.1, -0.05) is 48.5 Å². The van der Waals surface area contributed by atoms with Crippen LogP contribution in [0.25, 0.3) is 10.9 Å². The van der Waals surface area contributed by atoms with Gasteiger partial charge >= 0.3 is 0 Å². The Morgan fingerprint density at radius 1 is 0.947 bits per heavy atom. The molecule has 3 rings (SSSR count). The topological polar surface area (TPSA) is 12.9 Å². The highest BCUT2D eigenvalue weighted by atomic mass is 32.2. The van der Waals surface area contributed by atoms with Crippen molar-refractivity contribution in [3.8, 4) is 0 Å². The van der Waals surface area contributed by atoms with Gasteiger partial charge in [-0.15, -0.1) is 11.8 Å². The maximum Gasteiger partial charge on any atom is 0.1000 e. The minimum Gasteiger partial charge on any atom is -0.241 e. The van der Waals surface area contributed by atoms with Crippen LogP contribution in [0.1, 0.15) is 11.1 Å². The van der Waals surface area contributed by atoms with E-state index in [0.29, 0.717) is 0 Å². The summed E-state index contributed by atoms with van der Waals surface area (Å²) < 4.78 is 0. The number of hydrogen-bond donors (Lipinski definition) is 0. The Morgan fingerprint density at radius 2 is 1.68 bits per heavy atom. The van der Waals surface area contributed by atoms with Gasteiger partial charge in [0.05, 0.1) is 10.5 Å². The molecule has 0 fully saturated rings. The van der Waals surface area contributed by atoms with Crippen LogP contribution in [0.3, 0.4) is 0 Å². The van der Waals surface area contributed by atoms with Crippen molar-refractivity contribution < 1.29 is 0 Å². The molecule has 0 N–H and O–H groups in total. The summed E-state index contributed by atoms with van der Waals surface area (Å²) in [7, 11) is 0. The zero-order valence-electron chi connectivity index (χ0n) is 10.8. The molecule has 1 aromatic heterocycles. The van der Waals surface area contributed by atoms with Crippen molar-refractivity contribution >= 4 is 22.7 Å². The molecule has 19 heavy (non-hydrogen) atoms. The van der Waals surface area contributed by atoms with Crippen molar-refractivity contribution in [3.63, 3.8) is 0 Å². The van der Waals surface area contributed by atoms with Crippen molar-refractivity contribution in [1.29, 1.82) is 0 Å². The van der Waals surface area contributed by atoms with Gasteiger partial charge in [0.2, 0.25) is 0 Å². The molecule has 0 spiro atoms. The van der Waals surface area contributed by atoms with E-state index < -0.39 is 0 Å². The van der Waals surface area contributed by atoms with Crippen LogP contribution in [0.15, 0.2) is 65.7 Å². The van der Waals surface area contributed by atoms with E-state index in [1.165, 1.54) is 16.5 Å². The van der Waals surface area contributed by atoms with Crippen LogP contribution in [-0.4, -0.2) is 4.98 Å². The van der Waals surface area contributed by atoms with Crippen LogP contribution in [0.4, 0.5) is 0 Å². The molecule has 1 heterocycles. The Bertz CT molecular complexity index is 692. The summed E-state index contributed by atoms with van der Waals surface area (Å²) in [6.07, 6.45) is 0. The van der Waals surface area contributed by atoms with Crippen molar-refractivity contribution in [1.82, 2.24) is 4.98 Å².